The lowest BCUT2D eigenvalue weighted by Gasteiger charge is -2.32. The highest BCUT2D eigenvalue weighted by molar-refractivity contribution is 5.39. The van der Waals surface area contributed by atoms with E-state index in [1.807, 2.05) is 28.9 Å². The van der Waals surface area contributed by atoms with Crippen LogP contribution in [0.3, 0.4) is 0 Å². The lowest BCUT2D eigenvalue weighted by Crippen LogP contribution is -2.28. The van der Waals surface area contributed by atoms with E-state index in [1.54, 1.807) is 6.33 Å². The SMILES string of the molecule is Cc1ccccc1[C@@H]1C[C@@H](c2ccc(F)cc2)Nc2ncnn21. The molecular weight excluding hydrogens is 291 g/mol. The number of hydrogen-bond donors (Lipinski definition) is 1. The molecule has 2 heterocycles. The van der Waals surface area contributed by atoms with Crippen molar-refractivity contribution in [1.82, 2.24) is 14.8 Å². The third-order valence-corrected chi connectivity index (χ3v) is 4.45. The highest BCUT2D eigenvalue weighted by Gasteiger charge is 2.30. The maximum absolute atomic E-state index is 13.2. The summed E-state index contributed by atoms with van der Waals surface area (Å²) >= 11 is 0. The Balaban J connectivity index is 1.75. The van der Waals surface area contributed by atoms with Crippen LogP contribution >= 0.6 is 0 Å². The topological polar surface area (TPSA) is 42.7 Å². The molecule has 1 aromatic heterocycles. The second-order valence-corrected chi connectivity index (χ2v) is 5.88. The van der Waals surface area contributed by atoms with Gasteiger partial charge in [0, 0.05) is 0 Å². The van der Waals surface area contributed by atoms with Crippen LogP contribution in [0.25, 0.3) is 0 Å². The Morgan fingerprint density at radius 2 is 1.91 bits per heavy atom. The van der Waals surface area contributed by atoms with Gasteiger partial charge in [0.15, 0.2) is 0 Å². The molecule has 2 aromatic carbocycles. The zero-order chi connectivity index (χ0) is 15.8. The van der Waals surface area contributed by atoms with Crippen molar-refractivity contribution in [3.05, 3.63) is 77.4 Å². The van der Waals surface area contributed by atoms with Crippen molar-refractivity contribution in [2.45, 2.75) is 25.4 Å². The summed E-state index contributed by atoms with van der Waals surface area (Å²) in [5.74, 6) is 0.530. The number of rotatable bonds is 2. The van der Waals surface area contributed by atoms with Crippen LogP contribution in [-0.2, 0) is 0 Å². The first kappa shape index (κ1) is 13.9. The Morgan fingerprint density at radius 1 is 1.13 bits per heavy atom. The van der Waals surface area contributed by atoms with Crippen LogP contribution in [-0.4, -0.2) is 14.8 Å². The molecule has 1 N–H and O–H groups in total. The van der Waals surface area contributed by atoms with Gasteiger partial charge in [0.2, 0.25) is 5.95 Å². The molecule has 0 unspecified atom stereocenters. The van der Waals surface area contributed by atoms with Crippen LogP contribution in [0.15, 0.2) is 54.9 Å². The summed E-state index contributed by atoms with van der Waals surface area (Å²) in [6.07, 6.45) is 2.41. The second kappa shape index (κ2) is 5.50. The van der Waals surface area contributed by atoms with Crippen molar-refractivity contribution in [1.29, 1.82) is 0 Å². The molecule has 0 saturated heterocycles. The van der Waals surface area contributed by atoms with E-state index in [0.717, 1.165) is 17.9 Å². The molecule has 0 radical (unpaired) electrons. The fraction of sp³-hybridized carbons (Fsp3) is 0.222. The van der Waals surface area contributed by atoms with E-state index >= 15 is 0 Å². The molecule has 2 atom stereocenters. The molecule has 0 spiro atoms. The van der Waals surface area contributed by atoms with Crippen LogP contribution in [0.1, 0.15) is 35.2 Å². The molecule has 4 nitrogen and oxygen atoms in total. The predicted octanol–water partition coefficient (Wildman–Crippen LogP) is 3.87. The molecule has 4 rings (SSSR count). The Labute approximate surface area is 134 Å². The van der Waals surface area contributed by atoms with Crippen LogP contribution in [0.2, 0.25) is 0 Å². The predicted molar refractivity (Wildman–Crippen MR) is 86.7 cm³/mol. The van der Waals surface area contributed by atoms with E-state index in [4.69, 9.17) is 0 Å². The molecule has 0 saturated carbocycles. The summed E-state index contributed by atoms with van der Waals surface area (Å²) in [4.78, 5) is 4.32. The molecule has 23 heavy (non-hydrogen) atoms. The summed E-state index contributed by atoms with van der Waals surface area (Å²) in [7, 11) is 0. The van der Waals surface area contributed by atoms with Gasteiger partial charge in [-0.2, -0.15) is 10.1 Å². The zero-order valence-electron chi connectivity index (χ0n) is 12.8. The Morgan fingerprint density at radius 3 is 2.70 bits per heavy atom. The molecule has 1 aliphatic rings. The maximum atomic E-state index is 13.2. The number of aryl methyl sites for hydroxylation is 1. The normalized spacial score (nSPS) is 19.9. The first-order chi connectivity index (χ1) is 11.2. The molecule has 0 fully saturated rings. The van der Waals surface area contributed by atoms with Gasteiger partial charge in [0.25, 0.3) is 0 Å². The summed E-state index contributed by atoms with van der Waals surface area (Å²) in [6.45, 7) is 2.11. The summed E-state index contributed by atoms with van der Waals surface area (Å²) in [5, 5.41) is 7.78. The quantitative estimate of drug-likeness (QED) is 0.781. The third-order valence-electron chi connectivity index (χ3n) is 4.45. The van der Waals surface area contributed by atoms with Crippen LogP contribution in [0.4, 0.5) is 10.3 Å². The van der Waals surface area contributed by atoms with E-state index in [2.05, 4.69) is 34.5 Å². The molecule has 5 heteroatoms. The fourth-order valence-corrected chi connectivity index (χ4v) is 3.25. The van der Waals surface area contributed by atoms with Gasteiger partial charge in [-0.15, -0.1) is 0 Å². The first-order valence-corrected chi connectivity index (χ1v) is 7.69. The Hall–Kier alpha value is -2.69. The van der Waals surface area contributed by atoms with Crippen molar-refractivity contribution in [2.75, 3.05) is 5.32 Å². The van der Waals surface area contributed by atoms with Crippen LogP contribution < -0.4 is 5.32 Å². The minimum absolute atomic E-state index is 0.0805. The lowest BCUT2D eigenvalue weighted by atomic mass is 9.91. The molecule has 0 aliphatic carbocycles. The average molecular weight is 308 g/mol. The Kier molecular flexibility index (Phi) is 3.33. The number of nitrogens with zero attached hydrogens (tertiary/aromatic N) is 3. The van der Waals surface area contributed by atoms with Crippen molar-refractivity contribution in [2.24, 2.45) is 0 Å². The average Bonchev–Trinajstić information content (AvgIpc) is 3.04. The zero-order valence-corrected chi connectivity index (χ0v) is 12.8. The van der Waals surface area contributed by atoms with Crippen molar-refractivity contribution in [3.63, 3.8) is 0 Å². The van der Waals surface area contributed by atoms with E-state index in [0.29, 0.717) is 0 Å². The Bertz CT molecular complexity index is 825. The van der Waals surface area contributed by atoms with Gasteiger partial charge in [0.05, 0.1) is 12.1 Å². The minimum Gasteiger partial charge on any atom is -0.348 e. The molecular formula is C18H17FN4. The molecule has 116 valence electrons. The number of nitrogens with one attached hydrogen (secondary N) is 1. The maximum Gasteiger partial charge on any atom is 0.222 e. The van der Waals surface area contributed by atoms with Gasteiger partial charge in [-0.1, -0.05) is 36.4 Å². The van der Waals surface area contributed by atoms with Crippen molar-refractivity contribution in [3.8, 4) is 0 Å². The minimum atomic E-state index is -0.219. The monoisotopic (exact) mass is 308 g/mol. The first-order valence-electron chi connectivity index (χ1n) is 7.69. The number of hydrogen-bond acceptors (Lipinski definition) is 3. The molecule has 0 bridgehead atoms. The number of benzene rings is 2. The molecule has 3 aromatic rings. The van der Waals surface area contributed by atoms with Gasteiger partial charge in [-0.3, -0.25) is 0 Å². The molecule has 0 amide bonds. The number of halogens is 1. The fourth-order valence-electron chi connectivity index (χ4n) is 3.25. The summed E-state index contributed by atoms with van der Waals surface area (Å²) < 4.78 is 15.1. The number of fused-ring (bicyclic) bond motifs is 1. The number of anilines is 1. The van der Waals surface area contributed by atoms with Gasteiger partial charge >= 0.3 is 0 Å². The summed E-state index contributed by atoms with van der Waals surface area (Å²) in [6, 6.07) is 15.2. The van der Waals surface area contributed by atoms with Crippen molar-refractivity contribution >= 4 is 5.95 Å². The smallest absolute Gasteiger partial charge is 0.222 e. The van der Waals surface area contributed by atoms with Gasteiger partial charge in [0.1, 0.15) is 12.1 Å². The van der Waals surface area contributed by atoms with Crippen LogP contribution in [0, 0.1) is 12.7 Å². The van der Waals surface area contributed by atoms with Crippen molar-refractivity contribution < 1.29 is 4.39 Å². The highest BCUT2D eigenvalue weighted by atomic mass is 19.1. The van der Waals surface area contributed by atoms with Gasteiger partial charge in [-0.05, 0) is 42.2 Å². The second-order valence-electron chi connectivity index (χ2n) is 5.88. The highest BCUT2D eigenvalue weighted by Crippen LogP contribution is 2.38. The third kappa shape index (κ3) is 2.48. The molecule has 1 aliphatic heterocycles. The largest absolute Gasteiger partial charge is 0.348 e. The van der Waals surface area contributed by atoms with E-state index in [9.17, 15) is 4.39 Å². The van der Waals surface area contributed by atoms with Gasteiger partial charge < -0.3 is 5.32 Å². The van der Waals surface area contributed by atoms with Gasteiger partial charge in [-0.25, -0.2) is 9.07 Å². The van der Waals surface area contributed by atoms with E-state index in [1.165, 1.54) is 23.3 Å². The van der Waals surface area contributed by atoms with E-state index < -0.39 is 0 Å². The standard InChI is InChI=1S/C18H17FN4/c1-12-4-2-3-5-15(12)17-10-16(13-6-8-14(19)9-7-13)22-18-20-11-21-23(17)18/h2-9,11,16-17H,10H2,1H3,(H,20,21,22)/t16-,17-/m0/s1. The number of aromatic nitrogens is 3. The summed E-state index contributed by atoms with van der Waals surface area (Å²) in [5.41, 5.74) is 3.53. The van der Waals surface area contributed by atoms with Crippen LogP contribution in [0.5, 0.6) is 0 Å². The lowest BCUT2D eigenvalue weighted by molar-refractivity contribution is 0.429. The van der Waals surface area contributed by atoms with E-state index in [-0.39, 0.29) is 17.9 Å².